The summed E-state index contributed by atoms with van der Waals surface area (Å²) in [6, 6.07) is 23.1. The summed E-state index contributed by atoms with van der Waals surface area (Å²) < 4.78 is 16.2. The zero-order valence-electron chi connectivity index (χ0n) is 19.4. The fourth-order valence-corrected chi connectivity index (χ4v) is 3.70. The van der Waals surface area contributed by atoms with E-state index in [0.717, 1.165) is 36.6 Å². The first kappa shape index (κ1) is 23.4. The summed E-state index contributed by atoms with van der Waals surface area (Å²) in [6.07, 6.45) is 6.17. The summed E-state index contributed by atoms with van der Waals surface area (Å²) in [5, 5.41) is 3.65. The van der Waals surface area contributed by atoms with Crippen molar-refractivity contribution in [3.8, 4) is 17.2 Å². The predicted molar refractivity (Wildman–Crippen MR) is 133 cm³/mol. The van der Waals surface area contributed by atoms with Crippen LogP contribution < -0.4 is 19.5 Å². The van der Waals surface area contributed by atoms with Crippen LogP contribution >= 0.6 is 0 Å². The second kappa shape index (κ2) is 12.0. The molecule has 32 heavy (non-hydrogen) atoms. The first-order valence-electron chi connectivity index (χ1n) is 11.0. The predicted octanol–water partition coefficient (Wildman–Crippen LogP) is 5.65. The zero-order valence-corrected chi connectivity index (χ0v) is 19.4. The lowest BCUT2D eigenvalue weighted by Gasteiger charge is -2.17. The van der Waals surface area contributed by atoms with Gasteiger partial charge in [-0.1, -0.05) is 54.6 Å². The Balaban J connectivity index is 1.62. The van der Waals surface area contributed by atoms with Crippen LogP contribution in [-0.4, -0.2) is 33.9 Å². The molecule has 4 nitrogen and oxygen atoms in total. The summed E-state index contributed by atoms with van der Waals surface area (Å²) in [6.45, 7) is 3.11. The second-order valence-corrected chi connectivity index (χ2v) is 7.81. The van der Waals surface area contributed by atoms with Gasteiger partial charge in [0.05, 0.1) is 21.3 Å². The molecule has 0 radical (unpaired) electrons. The molecule has 0 aliphatic carbocycles. The number of benzene rings is 3. The van der Waals surface area contributed by atoms with Crippen molar-refractivity contribution in [1.29, 1.82) is 0 Å². The van der Waals surface area contributed by atoms with Gasteiger partial charge in [0.25, 0.3) is 0 Å². The summed E-state index contributed by atoms with van der Waals surface area (Å²) in [5.74, 6) is 2.41. The van der Waals surface area contributed by atoms with Crippen LogP contribution in [0.4, 0.5) is 0 Å². The topological polar surface area (TPSA) is 39.7 Å². The minimum Gasteiger partial charge on any atom is -0.497 e. The molecule has 168 valence electrons. The SMILES string of the molecule is COc1ccc(/C=C\c2ccccc2)c(CC(C)NCCc2ccc(OC)c(OC)c2)c1. The second-order valence-electron chi connectivity index (χ2n) is 7.81. The van der Waals surface area contributed by atoms with Crippen molar-refractivity contribution in [3.05, 3.63) is 89.0 Å². The minimum atomic E-state index is 0.325. The molecule has 0 aromatic heterocycles. The summed E-state index contributed by atoms with van der Waals surface area (Å²) >= 11 is 0. The van der Waals surface area contributed by atoms with Crippen molar-refractivity contribution < 1.29 is 14.2 Å². The molecule has 0 saturated heterocycles. The maximum absolute atomic E-state index is 5.47. The number of hydrogen-bond donors (Lipinski definition) is 1. The fraction of sp³-hybridized carbons (Fsp3) is 0.286. The third-order valence-corrected chi connectivity index (χ3v) is 5.49. The minimum absolute atomic E-state index is 0.325. The van der Waals surface area contributed by atoms with Crippen LogP contribution in [0.25, 0.3) is 12.2 Å². The molecule has 4 heteroatoms. The molecule has 0 fully saturated rings. The molecule has 1 atom stereocenters. The molecule has 3 aromatic carbocycles. The van der Waals surface area contributed by atoms with Gasteiger partial charge in [0.15, 0.2) is 11.5 Å². The third kappa shape index (κ3) is 6.63. The number of methoxy groups -OCH3 is 3. The van der Waals surface area contributed by atoms with E-state index in [-0.39, 0.29) is 0 Å². The van der Waals surface area contributed by atoms with E-state index in [1.807, 2.05) is 24.3 Å². The molecule has 0 bridgehead atoms. The standard InChI is InChI=1S/C28H33NO3/c1-21(29-17-16-23-11-15-27(31-3)28(19-23)32-4)18-25-20-26(30-2)14-13-24(25)12-10-22-8-6-5-7-9-22/h5-15,19-21,29H,16-18H2,1-4H3/b12-10-. The van der Waals surface area contributed by atoms with Gasteiger partial charge in [-0.2, -0.15) is 0 Å². The number of hydrogen-bond acceptors (Lipinski definition) is 4. The highest BCUT2D eigenvalue weighted by Gasteiger charge is 2.09. The van der Waals surface area contributed by atoms with Gasteiger partial charge in [0.2, 0.25) is 0 Å². The molecule has 0 amide bonds. The highest BCUT2D eigenvalue weighted by molar-refractivity contribution is 5.71. The van der Waals surface area contributed by atoms with Crippen molar-refractivity contribution in [2.24, 2.45) is 0 Å². The first-order chi connectivity index (χ1) is 15.6. The van der Waals surface area contributed by atoms with E-state index in [9.17, 15) is 0 Å². The van der Waals surface area contributed by atoms with Crippen LogP contribution in [0.1, 0.15) is 29.2 Å². The van der Waals surface area contributed by atoms with Crippen LogP contribution in [0.15, 0.2) is 66.7 Å². The lowest BCUT2D eigenvalue weighted by Crippen LogP contribution is -2.30. The van der Waals surface area contributed by atoms with E-state index in [1.165, 1.54) is 22.3 Å². The Hall–Kier alpha value is -3.24. The van der Waals surface area contributed by atoms with E-state index in [1.54, 1.807) is 21.3 Å². The molecule has 1 unspecified atom stereocenters. The Kier molecular flexibility index (Phi) is 8.76. The van der Waals surface area contributed by atoms with Crippen molar-refractivity contribution >= 4 is 12.2 Å². The van der Waals surface area contributed by atoms with Crippen molar-refractivity contribution in [3.63, 3.8) is 0 Å². The molecule has 0 aliphatic heterocycles. The van der Waals surface area contributed by atoms with Crippen LogP contribution in [0.2, 0.25) is 0 Å². The maximum Gasteiger partial charge on any atom is 0.160 e. The highest BCUT2D eigenvalue weighted by Crippen LogP contribution is 2.27. The van der Waals surface area contributed by atoms with Gasteiger partial charge in [0.1, 0.15) is 5.75 Å². The molecule has 1 N–H and O–H groups in total. The first-order valence-corrected chi connectivity index (χ1v) is 11.0. The average Bonchev–Trinajstić information content (AvgIpc) is 2.83. The summed E-state index contributed by atoms with van der Waals surface area (Å²) in [4.78, 5) is 0. The lowest BCUT2D eigenvalue weighted by atomic mass is 9.99. The van der Waals surface area contributed by atoms with Crippen molar-refractivity contribution in [2.75, 3.05) is 27.9 Å². The quantitative estimate of drug-likeness (QED) is 0.399. The van der Waals surface area contributed by atoms with Crippen LogP contribution in [0, 0.1) is 0 Å². The van der Waals surface area contributed by atoms with Crippen LogP contribution in [0.5, 0.6) is 17.2 Å². The molecular weight excluding hydrogens is 398 g/mol. The van der Waals surface area contributed by atoms with Gasteiger partial charge in [-0.05, 0) is 72.8 Å². The molecular formula is C28H33NO3. The van der Waals surface area contributed by atoms with Gasteiger partial charge in [-0.25, -0.2) is 0 Å². The monoisotopic (exact) mass is 431 g/mol. The third-order valence-electron chi connectivity index (χ3n) is 5.49. The number of nitrogens with one attached hydrogen (secondary N) is 1. The smallest absolute Gasteiger partial charge is 0.160 e. The van der Waals surface area contributed by atoms with E-state index >= 15 is 0 Å². The van der Waals surface area contributed by atoms with Crippen LogP contribution in [-0.2, 0) is 12.8 Å². The Morgan fingerprint density at radius 1 is 0.812 bits per heavy atom. The van der Waals surface area contributed by atoms with E-state index in [4.69, 9.17) is 14.2 Å². The zero-order chi connectivity index (χ0) is 22.8. The molecule has 0 aliphatic rings. The van der Waals surface area contributed by atoms with E-state index < -0.39 is 0 Å². The Morgan fingerprint density at radius 2 is 1.59 bits per heavy atom. The largest absolute Gasteiger partial charge is 0.497 e. The molecule has 0 saturated carbocycles. The molecule has 3 rings (SSSR count). The highest BCUT2D eigenvalue weighted by atomic mass is 16.5. The van der Waals surface area contributed by atoms with Crippen LogP contribution in [0.3, 0.4) is 0 Å². The Labute approximate surface area is 191 Å². The Morgan fingerprint density at radius 3 is 2.31 bits per heavy atom. The van der Waals surface area contributed by atoms with E-state index in [0.29, 0.717) is 6.04 Å². The average molecular weight is 432 g/mol. The summed E-state index contributed by atoms with van der Waals surface area (Å²) in [7, 11) is 5.03. The Bertz CT molecular complexity index is 1010. The van der Waals surface area contributed by atoms with Gasteiger partial charge in [0, 0.05) is 6.04 Å². The van der Waals surface area contributed by atoms with Crippen molar-refractivity contribution in [1.82, 2.24) is 5.32 Å². The van der Waals surface area contributed by atoms with Gasteiger partial charge < -0.3 is 19.5 Å². The number of rotatable bonds is 11. The fourth-order valence-electron chi connectivity index (χ4n) is 3.70. The van der Waals surface area contributed by atoms with Gasteiger partial charge in [-0.3, -0.25) is 0 Å². The van der Waals surface area contributed by atoms with Gasteiger partial charge in [-0.15, -0.1) is 0 Å². The molecule has 3 aromatic rings. The van der Waals surface area contributed by atoms with Crippen molar-refractivity contribution in [2.45, 2.75) is 25.8 Å². The normalized spacial score (nSPS) is 12.0. The number of ether oxygens (including phenoxy) is 3. The molecule has 0 heterocycles. The summed E-state index contributed by atoms with van der Waals surface area (Å²) in [5.41, 5.74) is 4.89. The van der Waals surface area contributed by atoms with Gasteiger partial charge >= 0.3 is 0 Å². The lowest BCUT2D eigenvalue weighted by molar-refractivity contribution is 0.354. The van der Waals surface area contributed by atoms with E-state index in [2.05, 4.69) is 66.9 Å². The molecule has 0 spiro atoms. The maximum atomic E-state index is 5.47.